The van der Waals surface area contributed by atoms with E-state index in [-0.39, 0.29) is 16.5 Å². The summed E-state index contributed by atoms with van der Waals surface area (Å²) in [5, 5.41) is 0. The van der Waals surface area contributed by atoms with Crippen LogP contribution >= 0.6 is 22.3 Å². The van der Waals surface area contributed by atoms with Gasteiger partial charge < -0.3 is 0 Å². The second-order valence-corrected chi connectivity index (χ2v) is 7.88. The molecule has 0 N–H and O–H groups in total. The second kappa shape index (κ2) is 4.91. The van der Waals surface area contributed by atoms with Crippen molar-refractivity contribution in [3.8, 4) is 0 Å². The van der Waals surface area contributed by atoms with Gasteiger partial charge in [0.25, 0.3) is 9.05 Å². The van der Waals surface area contributed by atoms with Crippen LogP contribution < -0.4 is 0 Å². The molecule has 0 bridgehead atoms. The molecule has 1 aromatic rings. The van der Waals surface area contributed by atoms with Gasteiger partial charge in [0, 0.05) is 16.6 Å². The molecule has 0 amide bonds. The summed E-state index contributed by atoms with van der Waals surface area (Å²) < 4.78 is 45.7. The molecule has 90 valence electrons. The Bertz CT molecular complexity index is 578. The lowest BCUT2D eigenvalue weighted by Crippen LogP contribution is -2.11. The van der Waals surface area contributed by atoms with E-state index in [2.05, 4.69) is 0 Å². The number of halogens is 2. The van der Waals surface area contributed by atoms with E-state index < -0.39 is 23.8 Å². The van der Waals surface area contributed by atoms with Crippen LogP contribution in [0.3, 0.4) is 0 Å². The van der Waals surface area contributed by atoms with Crippen LogP contribution in [0.1, 0.15) is 0 Å². The predicted octanol–water partition coefficient (Wildman–Crippen LogP) is 1.63. The molecule has 16 heavy (non-hydrogen) atoms. The van der Waals surface area contributed by atoms with Crippen molar-refractivity contribution in [2.75, 3.05) is 11.6 Å². The third-order valence-electron chi connectivity index (χ3n) is 1.79. The molecule has 0 aliphatic rings. The van der Waals surface area contributed by atoms with Gasteiger partial charge in [-0.2, -0.15) is 0 Å². The first-order chi connectivity index (χ1) is 7.29. The van der Waals surface area contributed by atoms with Gasteiger partial charge in [-0.1, -0.05) is 12.1 Å². The molecule has 0 heterocycles. The molecule has 0 saturated heterocycles. The number of alkyl halides is 1. The Balaban J connectivity index is 3.48. The Hall–Kier alpha value is -0.300. The third-order valence-corrected chi connectivity index (χ3v) is 5.48. The molecule has 1 rings (SSSR count). The summed E-state index contributed by atoms with van der Waals surface area (Å²) in [5.74, 6) is -0.447. The highest BCUT2D eigenvalue weighted by molar-refractivity contribution is 8.14. The van der Waals surface area contributed by atoms with Gasteiger partial charge in [-0.05, 0) is 12.1 Å². The van der Waals surface area contributed by atoms with E-state index >= 15 is 0 Å². The van der Waals surface area contributed by atoms with Gasteiger partial charge in [-0.25, -0.2) is 16.8 Å². The maximum absolute atomic E-state index is 11.7. The largest absolute Gasteiger partial charge is 0.262 e. The summed E-state index contributed by atoms with van der Waals surface area (Å²) in [7, 11) is -2.66. The van der Waals surface area contributed by atoms with Crippen molar-refractivity contribution in [2.45, 2.75) is 9.79 Å². The number of hydrogen-bond acceptors (Lipinski definition) is 4. The summed E-state index contributed by atoms with van der Waals surface area (Å²) in [6.45, 7) is 0. The SMILES string of the molecule is O=S(=O)(Cl)c1ccccc1S(=O)(=O)CCCl. The van der Waals surface area contributed by atoms with Gasteiger partial charge in [0.05, 0.1) is 10.6 Å². The monoisotopic (exact) mass is 302 g/mol. The highest BCUT2D eigenvalue weighted by atomic mass is 35.7. The molecule has 0 aliphatic heterocycles. The zero-order valence-electron chi connectivity index (χ0n) is 7.93. The van der Waals surface area contributed by atoms with Crippen molar-refractivity contribution in [3.05, 3.63) is 24.3 Å². The number of hydrogen-bond donors (Lipinski definition) is 0. The molecule has 0 atom stereocenters. The Labute approximate surface area is 104 Å². The Morgan fingerprint density at radius 1 is 1.00 bits per heavy atom. The molecular weight excluding hydrogens is 295 g/mol. The van der Waals surface area contributed by atoms with E-state index in [1.807, 2.05) is 0 Å². The molecule has 8 heteroatoms. The van der Waals surface area contributed by atoms with Crippen LogP contribution in [0.2, 0.25) is 0 Å². The Morgan fingerprint density at radius 2 is 1.50 bits per heavy atom. The lowest BCUT2D eigenvalue weighted by Gasteiger charge is -2.06. The lowest BCUT2D eigenvalue weighted by atomic mass is 10.4. The molecule has 0 spiro atoms. The van der Waals surface area contributed by atoms with Crippen LogP contribution in [-0.4, -0.2) is 28.5 Å². The minimum Gasteiger partial charge on any atom is -0.224 e. The molecule has 0 aromatic heterocycles. The summed E-state index contributed by atoms with van der Waals surface area (Å²) in [5.41, 5.74) is 0. The average molecular weight is 303 g/mol. The number of rotatable bonds is 4. The number of sulfone groups is 1. The summed E-state index contributed by atoms with van der Waals surface area (Å²) in [6.07, 6.45) is 0. The van der Waals surface area contributed by atoms with E-state index in [9.17, 15) is 16.8 Å². The molecule has 0 saturated carbocycles. The van der Waals surface area contributed by atoms with Crippen LogP contribution in [0.4, 0.5) is 0 Å². The standard InChI is InChI=1S/C8H8Cl2O4S2/c9-5-6-15(11,12)7-3-1-2-4-8(7)16(10,13)14/h1-4H,5-6H2. The van der Waals surface area contributed by atoms with Crippen molar-refractivity contribution >= 4 is 41.2 Å². The fourth-order valence-electron chi connectivity index (χ4n) is 1.12. The first kappa shape index (κ1) is 13.8. The maximum atomic E-state index is 11.7. The van der Waals surface area contributed by atoms with Gasteiger partial charge in [-0.3, -0.25) is 0 Å². The van der Waals surface area contributed by atoms with E-state index in [0.717, 1.165) is 6.07 Å². The topological polar surface area (TPSA) is 68.3 Å². The molecular formula is C8H8Cl2O4S2. The van der Waals surface area contributed by atoms with Gasteiger partial charge in [-0.15, -0.1) is 11.6 Å². The van der Waals surface area contributed by atoms with Crippen LogP contribution in [0.5, 0.6) is 0 Å². The molecule has 4 nitrogen and oxygen atoms in total. The van der Waals surface area contributed by atoms with E-state index in [1.165, 1.54) is 18.2 Å². The van der Waals surface area contributed by atoms with Crippen LogP contribution in [-0.2, 0) is 18.9 Å². The van der Waals surface area contributed by atoms with Crippen LogP contribution in [0.15, 0.2) is 34.1 Å². The zero-order chi connectivity index (χ0) is 12.4. The summed E-state index contributed by atoms with van der Waals surface area (Å²) in [6, 6.07) is 5.16. The summed E-state index contributed by atoms with van der Waals surface area (Å²) in [4.78, 5) is -0.729. The third kappa shape index (κ3) is 3.10. The summed E-state index contributed by atoms with van der Waals surface area (Å²) >= 11 is 5.34. The van der Waals surface area contributed by atoms with Crippen molar-refractivity contribution < 1.29 is 16.8 Å². The molecule has 0 fully saturated rings. The van der Waals surface area contributed by atoms with E-state index in [4.69, 9.17) is 22.3 Å². The van der Waals surface area contributed by atoms with Crippen LogP contribution in [0, 0.1) is 0 Å². The van der Waals surface area contributed by atoms with Crippen molar-refractivity contribution in [1.82, 2.24) is 0 Å². The minimum atomic E-state index is -4.08. The average Bonchev–Trinajstić information content (AvgIpc) is 2.16. The Morgan fingerprint density at radius 3 is 1.94 bits per heavy atom. The fraction of sp³-hybridized carbons (Fsp3) is 0.250. The van der Waals surface area contributed by atoms with Gasteiger partial charge in [0.15, 0.2) is 9.84 Å². The Kier molecular flexibility index (Phi) is 4.23. The maximum Gasteiger partial charge on any atom is 0.262 e. The van der Waals surface area contributed by atoms with Crippen molar-refractivity contribution in [1.29, 1.82) is 0 Å². The fourth-order valence-corrected chi connectivity index (χ4v) is 4.61. The highest BCUT2D eigenvalue weighted by Crippen LogP contribution is 2.24. The predicted molar refractivity (Wildman–Crippen MR) is 62.3 cm³/mol. The zero-order valence-corrected chi connectivity index (χ0v) is 11.1. The molecule has 0 radical (unpaired) electrons. The molecule has 0 unspecified atom stereocenters. The minimum absolute atomic E-state index is 0.112. The van der Waals surface area contributed by atoms with E-state index in [1.54, 1.807) is 0 Å². The van der Waals surface area contributed by atoms with E-state index in [0.29, 0.717) is 0 Å². The van der Waals surface area contributed by atoms with Crippen molar-refractivity contribution in [3.63, 3.8) is 0 Å². The smallest absolute Gasteiger partial charge is 0.224 e. The second-order valence-electron chi connectivity index (χ2n) is 2.89. The van der Waals surface area contributed by atoms with Gasteiger partial charge >= 0.3 is 0 Å². The first-order valence-corrected chi connectivity index (χ1v) is 8.61. The van der Waals surface area contributed by atoms with Gasteiger partial charge in [0.1, 0.15) is 4.90 Å². The van der Waals surface area contributed by atoms with Crippen molar-refractivity contribution in [2.24, 2.45) is 0 Å². The first-order valence-electron chi connectivity index (χ1n) is 4.11. The normalized spacial score (nSPS) is 12.6. The van der Waals surface area contributed by atoms with Gasteiger partial charge in [0.2, 0.25) is 0 Å². The lowest BCUT2D eigenvalue weighted by molar-refractivity contribution is 0.589. The molecule has 0 aliphatic carbocycles. The number of benzene rings is 1. The quantitative estimate of drug-likeness (QED) is 0.626. The molecule has 1 aromatic carbocycles. The van der Waals surface area contributed by atoms with Crippen LogP contribution in [0.25, 0.3) is 0 Å². The highest BCUT2D eigenvalue weighted by Gasteiger charge is 2.24.